The van der Waals surface area contributed by atoms with Gasteiger partial charge < -0.3 is 0 Å². The molecule has 166 valence electrons. The Balaban J connectivity index is 2.02. The van der Waals surface area contributed by atoms with Crippen molar-refractivity contribution in [2.45, 2.75) is 50.2 Å². The Morgan fingerprint density at radius 3 is 1.84 bits per heavy atom. The fourth-order valence-electron chi connectivity index (χ4n) is 5.09. The number of benzene rings is 2. The van der Waals surface area contributed by atoms with Crippen molar-refractivity contribution in [1.82, 2.24) is 0 Å². The molecule has 2 aliphatic rings. The van der Waals surface area contributed by atoms with Crippen LogP contribution in [0.4, 0.5) is 0 Å². The summed E-state index contributed by atoms with van der Waals surface area (Å²) in [5, 5.41) is 0. The Bertz CT molecular complexity index is 1120. The minimum absolute atomic E-state index is 0.261. The Hall–Kier alpha value is -2.56. The van der Waals surface area contributed by atoms with E-state index >= 15 is 0 Å². The molecule has 2 aromatic carbocycles. The number of allylic oxidation sites excluding steroid dienone is 4. The van der Waals surface area contributed by atoms with Crippen LogP contribution in [0.3, 0.4) is 0 Å². The van der Waals surface area contributed by atoms with Crippen molar-refractivity contribution in [3.05, 3.63) is 81.8 Å². The van der Waals surface area contributed by atoms with Crippen LogP contribution in [0.2, 0.25) is 0 Å². The van der Waals surface area contributed by atoms with Crippen molar-refractivity contribution in [1.29, 1.82) is 0 Å². The molecule has 4 nitrogen and oxygen atoms in total. The van der Waals surface area contributed by atoms with Gasteiger partial charge in [0.1, 0.15) is 0 Å². The first kappa shape index (κ1) is 22.6. The van der Waals surface area contributed by atoms with E-state index in [4.69, 9.17) is 11.5 Å². The van der Waals surface area contributed by atoms with Crippen molar-refractivity contribution >= 4 is 16.8 Å². The van der Waals surface area contributed by atoms with Crippen LogP contribution in [0.5, 0.6) is 0 Å². The first-order chi connectivity index (χ1) is 15.4. The van der Waals surface area contributed by atoms with Crippen LogP contribution in [0, 0.1) is 0 Å². The minimum atomic E-state index is -5.26. The van der Waals surface area contributed by atoms with Gasteiger partial charge in [-0.25, -0.2) is 0 Å². The standard InChI is InChI=1S/C13H9.C5H5.2C4H8O2.CH2.Ti/c1-3-7-12-10(5-1)9-11-6-2-4-8-13(11)12;1-2-4-5-3-1;2*1-2-3-4(5)6;;/h1-9H;1-3H,4H2;2*2-3H2,1H3,(H,5,6);1H2;/q;;;;;+2/p-2. The van der Waals surface area contributed by atoms with Gasteiger partial charge in [-0.15, -0.1) is 0 Å². The van der Waals surface area contributed by atoms with Crippen molar-refractivity contribution < 1.29 is 31.8 Å². The molecule has 2 aliphatic carbocycles. The Morgan fingerprint density at radius 1 is 0.906 bits per heavy atom. The topological polar surface area (TPSA) is 52.6 Å². The van der Waals surface area contributed by atoms with Gasteiger partial charge in [-0.05, 0) is 0 Å². The summed E-state index contributed by atoms with van der Waals surface area (Å²) in [4.78, 5) is 30.9. The number of hydrogen-bond acceptors (Lipinski definition) is 4. The van der Waals surface area contributed by atoms with Crippen LogP contribution in [-0.2, 0) is 31.8 Å². The predicted molar refractivity (Wildman–Crippen MR) is 125 cm³/mol. The first-order valence-corrected chi connectivity index (χ1v) is 15.5. The zero-order valence-corrected chi connectivity index (χ0v) is 20.4. The summed E-state index contributed by atoms with van der Waals surface area (Å²) in [7, 11) is 0. The fourth-order valence-corrected chi connectivity index (χ4v) is 12.7. The van der Waals surface area contributed by atoms with Crippen molar-refractivity contribution in [3.8, 4) is 11.1 Å². The van der Waals surface area contributed by atoms with Crippen LogP contribution in [0.15, 0.2) is 70.6 Å². The van der Waals surface area contributed by atoms with Crippen LogP contribution < -0.4 is 0 Å². The normalized spacial score (nSPS) is 15.2. The molecule has 0 spiro atoms. The van der Waals surface area contributed by atoms with E-state index in [-0.39, 0.29) is 24.8 Å². The molecule has 32 heavy (non-hydrogen) atoms. The van der Waals surface area contributed by atoms with Gasteiger partial charge in [0.2, 0.25) is 0 Å². The zero-order valence-electron chi connectivity index (χ0n) is 18.8. The predicted octanol–water partition coefficient (Wildman–Crippen LogP) is 6.24. The van der Waals surface area contributed by atoms with Gasteiger partial charge in [0, 0.05) is 0 Å². The van der Waals surface area contributed by atoms with Crippen LogP contribution in [0.25, 0.3) is 11.1 Å². The monoisotopic (exact) mass is 466 g/mol. The van der Waals surface area contributed by atoms with Gasteiger partial charge in [0.15, 0.2) is 0 Å². The SMILES string of the molecule is [CH2]=[Ti]([O]C(=O)CCC)([O]C(=O)CCC)([C]1=CC=CC1)[CH]1c2ccccc2-c2ccccc21. The second kappa shape index (κ2) is 8.76. The zero-order chi connectivity index (χ0) is 22.8. The molecular weight excluding hydrogens is 436 g/mol. The molecule has 5 heteroatoms. The van der Waals surface area contributed by atoms with Gasteiger partial charge in [-0.2, -0.15) is 0 Å². The molecule has 0 radical (unpaired) electrons. The average molecular weight is 466 g/mol. The molecule has 0 aliphatic heterocycles. The second-order valence-corrected chi connectivity index (χ2v) is 15.4. The van der Waals surface area contributed by atoms with E-state index in [2.05, 4.69) is 24.3 Å². The van der Waals surface area contributed by atoms with E-state index in [1.54, 1.807) is 0 Å². The summed E-state index contributed by atoms with van der Waals surface area (Å²) in [6, 6.07) is 16.2. The van der Waals surface area contributed by atoms with Gasteiger partial charge in [0.25, 0.3) is 0 Å². The molecule has 0 saturated heterocycles. The summed E-state index contributed by atoms with van der Waals surface area (Å²) >= 11 is -5.26. The summed E-state index contributed by atoms with van der Waals surface area (Å²) < 4.78 is 13.4. The van der Waals surface area contributed by atoms with E-state index in [0.29, 0.717) is 19.3 Å². The average Bonchev–Trinajstić information content (AvgIpc) is 3.42. The maximum atomic E-state index is 13.1. The molecule has 0 amide bonds. The molecule has 0 unspecified atom stereocenters. The molecule has 0 N–H and O–H groups in total. The Kier molecular flexibility index (Phi) is 6.20. The van der Waals surface area contributed by atoms with E-state index in [9.17, 15) is 9.59 Å². The van der Waals surface area contributed by atoms with Gasteiger partial charge in [0.05, 0.1) is 0 Å². The third kappa shape index (κ3) is 3.66. The molecule has 0 saturated carbocycles. The number of hydrogen-bond donors (Lipinski definition) is 0. The van der Waals surface area contributed by atoms with Crippen LogP contribution in [0.1, 0.15) is 61.3 Å². The maximum absolute atomic E-state index is 13.1. The summed E-state index contributed by atoms with van der Waals surface area (Å²) in [5.41, 5.74) is 4.19. The van der Waals surface area contributed by atoms with E-state index in [0.717, 1.165) is 26.1 Å². The first-order valence-electron chi connectivity index (χ1n) is 11.4. The third-order valence-corrected chi connectivity index (χ3v) is 14.0. The number of fused-ring (bicyclic) bond motifs is 3. The number of rotatable bonds is 8. The third-order valence-electron chi connectivity index (χ3n) is 6.45. The van der Waals surface area contributed by atoms with Crippen molar-refractivity contribution in [2.24, 2.45) is 0 Å². The van der Waals surface area contributed by atoms with Gasteiger partial charge in [-0.3, -0.25) is 0 Å². The summed E-state index contributed by atoms with van der Waals surface area (Å²) in [6.07, 6.45) is 8.30. The van der Waals surface area contributed by atoms with Gasteiger partial charge >= 0.3 is 192 Å². The number of carbonyl (C=O) groups is 2. The molecule has 0 heterocycles. The van der Waals surface area contributed by atoms with E-state index < -0.39 is 19.8 Å². The molecule has 0 fully saturated rings. The Labute approximate surface area is 191 Å². The second-order valence-electron chi connectivity index (χ2n) is 8.72. The van der Waals surface area contributed by atoms with Gasteiger partial charge in [-0.1, -0.05) is 0 Å². The molecule has 0 atom stereocenters. The molecular formula is C27H30O4Ti. The fraction of sp³-hybridized carbons (Fsp3) is 0.296. The number of carbonyl (C=O) groups excluding carboxylic acids is 2. The quantitative estimate of drug-likeness (QED) is 0.433. The Morgan fingerprint density at radius 2 is 1.41 bits per heavy atom. The molecule has 2 aromatic rings. The van der Waals surface area contributed by atoms with Crippen LogP contribution in [-0.4, -0.2) is 16.8 Å². The van der Waals surface area contributed by atoms with Crippen LogP contribution >= 0.6 is 0 Å². The summed E-state index contributed by atoms with van der Waals surface area (Å²) in [5.74, 6) is -0.697. The summed E-state index contributed by atoms with van der Waals surface area (Å²) in [6.45, 7) is 3.87. The van der Waals surface area contributed by atoms with Crippen molar-refractivity contribution in [3.63, 3.8) is 0 Å². The van der Waals surface area contributed by atoms with E-state index in [1.807, 2.05) is 56.3 Å². The van der Waals surface area contributed by atoms with E-state index in [1.165, 1.54) is 0 Å². The molecule has 0 bridgehead atoms. The molecule has 4 rings (SSSR count). The molecule has 0 aromatic heterocycles. The van der Waals surface area contributed by atoms with Crippen molar-refractivity contribution in [2.75, 3.05) is 0 Å².